The molecule has 0 aliphatic heterocycles. The van der Waals surface area contributed by atoms with E-state index in [1.54, 1.807) is 0 Å². The second kappa shape index (κ2) is 13.7. The highest BCUT2D eigenvalue weighted by molar-refractivity contribution is 7.55. The maximum absolute atomic E-state index is 11.7. The number of para-hydroxylation sites is 2. The second-order valence-corrected chi connectivity index (χ2v) is 12.5. The lowest BCUT2D eigenvalue weighted by Crippen LogP contribution is -2.21. The Balaban J connectivity index is 1.33. The highest BCUT2D eigenvalue weighted by atomic mass is 31.1. The third-order valence-electron chi connectivity index (χ3n) is 8.12. The molecule has 1 N–H and O–H groups in total. The van der Waals surface area contributed by atoms with Gasteiger partial charge in [-0.25, -0.2) is 0 Å². The van der Waals surface area contributed by atoms with Gasteiger partial charge in [-0.1, -0.05) is 124 Å². The van der Waals surface area contributed by atoms with Crippen molar-refractivity contribution in [3.05, 3.63) is 162 Å². The fraction of sp³-hybridized carbons (Fsp3) is 0.179. The smallest absolute Gasteiger partial charge is 0.126 e. The first-order valence-electron chi connectivity index (χ1n) is 15.0. The van der Waals surface area contributed by atoms with Gasteiger partial charge in [0.1, 0.15) is 5.75 Å². The van der Waals surface area contributed by atoms with Gasteiger partial charge in [0.25, 0.3) is 0 Å². The van der Waals surface area contributed by atoms with Crippen molar-refractivity contribution in [2.24, 2.45) is 11.8 Å². The Kier molecular flexibility index (Phi) is 9.13. The third-order valence-corrected chi connectivity index (χ3v) is 9.53. The first kappa shape index (κ1) is 28.0. The Hall–Kier alpha value is -4.13. The summed E-state index contributed by atoms with van der Waals surface area (Å²) in [5.74, 6) is 1.39. The van der Waals surface area contributed by atoms with Crippen LogP contribution in [0.5, 0.6) is 5.75 Å². The molecule has 0 saturated heterocycles. The fourth-order valence-corrected chi connectivity index (χ4v) is 7.25. The molecule has 0 heterocycles. The number of nitrogens with zero attached hydrogens (tertiary/aromatic N) is 1. The summed E-state index contributed by atoms with van der Waals surface area (Å²) in [5.41, 5.74) is 5.99. The molecule has 4 aromatic carbocycles. The van der Waals surface area contributed by atoms with E-state index >= 15 is 0 Å². The molecule has 3 atom stereocenters. The second-order valence-electron chi connectivity index (χ2n) is 11.2. The summed E-state index contributed by atoms with van der Waals surface area (Å²) < 4.78 is 0. The normalized spacial score (nSPS) is 17.7. The Bertz CT molecular complexity index is 1560. The van der Waals surface area contributed by atoms with E-state index in [9.17, 15) is 5.11 Å². The van der Waals surface area contributed by atoms with E-state index in [4.69, 9.17) is 0 Å². The van der Waals surface area contributed by atoms with E-state index < -0.39 is 0 Å². The lowest BCUT2D eigenvalue weighted by atomic mass is 9.89. The average molecular weight is 568 g/mol. The first-order valence-corrected chi connectivity index (χ1v) is 16.0. The highest BCUT2D eigenvalue weighted by Crippen LogP contribution is 2.32. The van der Waals surface area contributed by atoms with Gasteiger partial charge in [-0.05, 0) is 89.8 Å². The van der Waals surface area contributed by atoms with Crippen LogP contribution in [0.15, 0.2) is 146 Å². The van der Waals surface area contributed by atoms with Crippen molar-refractivity contribution < 1.29 is 5.11 Å². The molecule has 0 aromatic heterocycles. The molecule has 0 fully saturated rings. The third kappa shape index (κ3) is 7.01. The van der Waals surface area contributed by atoms with Crippen molar-refractivity contribution in [1.82, 2.24) is 0 Å². The van der Waals surface area contributed by atoms with Crippen LogP contribution in [0.1, 0.15) is 29.5 Å². The van der Waals surface area contributed by atoms with Crippen LogP contribution in [-0.2, 0) is 19.4 Å². The summed E-state index contributed by atoms with van der Waals surface area (Å²) in [7, 11) is 0.366. The molecule has 2 nitrogen and oxygen atoms in total. The van der Waals surface area contributed by atoms with E-state index in [2.05, 4.69) is 151 Å². The van der Waals surface area contributed by atoms with Gasteiger partial charge in [-0.15, -0.1) is 0 Å². The zero-order chi connectivity index (χ0) is 28.6. The number of phenolic OH excluding ortho intramolecular Hbond substituents is 1. The van der Waals surface area contributed by atoms with Crippen LogP contribution < -0.4 is 15.5 Å². The minimum atomic E-state index is 0.366. The number of hydrogen-bond acceptors (Lipinski definition) is 2. The lowest BCUT2D eigenvalue weighted by molar-refractivity contribution is 0.467. The summed E-state index contributed by atoms with van der Waals surface area (Å²) in [4.78, 5) is 2.37. The largest absolute Gasteiger partial charge is 0.507 e. The van der Waals surface area contributed by atoms with Crippen molar-refractivity contribution in [2.45, 2.75) is 32.2 Å². The molecular formula is C39H38NOP. The monoisotopic (exact) mass is 567 g/mol. The number of rotatable bonds is 10. The maximum atomic E-state index is 11.7. The molecule has 0 amide bonds. The van der Waals surface area contributed by atoms with E-state index in [-0.39, 0.29) is 0 Å². The van der Waals surface area contributed by atoms with Gasteiger partial charge in [-0.3, -0.25) is 0 Å². The van der Waals surface area contributed by atoms with Crippen LogP contribution in [0.4, 0.5) is 11.4 Å². The zero-order valence-electron chi connectivity index (χ0n) is 23.9. The number of allylic oxidation sites excluding steroid dienone is 8. The van der Waals surface area contributed by atoms with E-state index in [0.717, 1.165) is 54.5 Å². The quantitative estimate of drug-likeness (QED) is 0.194. The predicted octanol–water partition coefficient (Wildman–Crippen LogP) is 8.71. The molecule has 0 saturated carbocycles. The van der Waals surface area contributed by atoms with Crippen LogP contribution in [0.3, 0.4) is 0 Å². The van der Waals surface area contributed by atoms with Crippen LogP contribution in [0.2, 0.25) is 0 Å². The van der Waals surface area contributed by atoms with Crippen LogP contribution in [-0.4, -0.2) is 5.11 Å². The van der Waals surface area contributed by atoms with Gasteiger partial charge in [0, 0.05) is 23.2 Å². The number of anilines is 2. The summed E-state index contributed by atoms with van der Waals surface area (Å²) >= 11 is 0. The highest BCUT2D eigenvalue weighted by Gasteiger charge is 2.19. The molecule has 42 heavy (non-hydrogen) atoms. The molecule has 0 spiro atoms. The van der Waals surface area contributed by atoms with Crippen LogP contribution in [0.25, 0.3) is 0 Å². The Morgan fingerprint density at radius 1 is 0.619 bits per heavy atom. The SMILES string of the molecule is Oc1c(CC2C=CC=CC2)cc(CC2C=CC=CC2)cc1Pc1ccccc1CN(c1ccccc1)c1ccccc1. The molecular weight excluding hydrogens is 529 g/mol. The summed E-state index contributed by atoms with van der Waals surface area (Å²) in [6.07, 6.45) is 21.6. The summed E-state index contributed by atoms with van der Waals surface area (Å²) in [6.45, 7) is 0.753. The molecule has 2 aliphatic carbocycles. The molecule has 4 aromatic rings. The first-order chi connectivity index (χ1) is 20.7. The maximum Gasteiger partial charge on any atom is 0.126 e. The van der Waals surface area contributed by atoms with Gasteiger partial charge in [0.2, 0.25) is 0 Å². The van der Waals surface area contributed by atoms with Crippen molar-refractivity contribution in [3.63, 3.8) is 0 Å². The standard InChI is InChI=1S/C39H38NOP/c41-39-34(26-31-17-7-2-8-18-31)27-32(25-30-15-5-1-6-16-30)28-38(39)42-37-24-14-13-19-33(37)29-40(35-20-9-3-10-21-35)36-22-11-4-12-23-36/h1-15,17,19-24,27-28,30-31,41-42H,16,18,25-26,29H2. The van der Waals surface area contributed by atoms with Crippen molar-refractivity contribution in [1.29, 1.82) is 0 Å². The fourth-order valence-electron chi connectivity index (χ4n) is 5.92. The van der Waals surface area contributed by atoms with Gasteiger partial charge < -0.3 is 10.0 Å². The predicted molar refractivity (Wildman–Crippen MR) is 181 cm³/mol. The topological polar surface area (TPSA) is 23.5 Å². The average Bonchev–Trinajstić information content (AvgIpc) is 3.04. The zero-order valence-corrected chi connectivity index (χ0v) is 24.9. The van der Waals surface area contributed by atoms with Gasteiger partial charge in [-0.2, -0.15) is 0 Å². The number of aromatic hydroxyl groups is 1. The molecule has 3 heteroatoms. The Morgan fingerprint density at radius 2 is 1.21 bits per heavy atom. The molecule has 210 valence electrons. The molecule has 6 rings (SSSR count). The summed E-state index contributed by atoms with van der Waals surface area (Å²) in [6, 6.07) is 34.4. The number of hydrogen-bond donors (Lipinski definition) is 1. The Labute approximate surface area is 252 Å². The van der Waals surface area contributed by atoms with Gasteiger partial charge >= 0.3 is 0 Å². The van der Waals surface area contributed by atoms with E-state index in [1.165, 1.54) is 16.4 Å². The van der Waals surface area contributed by atoms with Crippen molar-refractivity contribution in [3.8, 4) is 5.75 Å². The van der Waals surface area contributed by atoms with E-state index in [0.29, 0.717) is 26.2 Å². The minimum Gasteiger partial charge on any atom is -0.507 e. The summed E-state index contributed by atoms with van der Waals surface area (Å²) in [5, 5.41) is 14.0. The van der Waals surface area contributed by atoms with E-state index in [1.807, 2.05) is 0 Å². The lowest BCUT2D eigenvalue weighted by Gasteiger charge is -2.26. The Morgan fingerprint density at radius 3 is 1.83 bits per heavy atom. The molecule has 0 radical (unpaired) electrons. The van der Waals surface area contributed by atoms with Crippen molar-refractivity contribution in [2.75, 3.05) is 4.90 Å². The minimum absolute atomic E-state index is 0.366. The molecule has 0 bridgehead atoms. The molecule has 2 aliphatic rings. The van der Waals surface area contributed by atoms with Crippen molar-refractivity contribution >= 4 is 30.6 Å². The number of benzene rings is 4. The van der Waals surface area contributed by atoms with Crippen LogP contribution in [0, 0.1) is 11.8 Å². The number of phenols is 1. The molecule has 3 unspecified atom stereocenters. The van der Waals surface area contributed by atoms with Gasteiger partial charge in [0.15, 0.2) is 0 Å². The van der Waals surface area contributed by atoms with Gasteiger partial charge in [0.05, 0.1) is 0 Å². The van der Waals surface area contributed by atoms with Crippen LogP contribution >= 0.6 is 8.58 Å².